The molecule has 3 amide bonds. The third-order valence-electron chi connectivity index (χ3n) is 7.71. The van der Waals surface area contributed by atoms with Crippen LogP contribution in [-0.4, -0.2) is 40.1 Å². The molecule has 6 rings (SSSR count). The van der Waals surface area contributed by atoms with Crippen LogP contribution in [0, 0.1) is 5.92 Å². The molecule has 47 heavy (non-hydrogen) atoms. The molecular weight excluding hydrogens is 723 g/mol. The lowest BCUT2D eigenvalue weighted by molar-refractivity contribution is -0.137. The number of aromatic nitrogens is 1. The van der Waals surface area contributed by atoms with Crippen molar-refractivity contribution in [3.63, 3.8) is 0 Å². The molecule has 1 saturated heterocycles. The number of benzene rings is 3. The van der Waals surface area contributed by atoms with Crippen LogP contribution in [0.3, 0.4) is 0 Å². The number of rotatable bonds is 7. The number of carbonyl (C=O) groups excluding carboxylic acids is 4. The van der Waals surface area contributed by atoms with E-state index in [1.165, 1.54) is 41.0 Å². The van der Waals surface area contributed by atoms with Crippen LogP contribution in [0.5, 0.6) is 0 Å². The van der Waals surface area contributed by atoms with E-state index in [2.05, 4.69) is 21.2 Å². The molecule has 1 aromatic heterocycles. The molecule has 4 aromatic rings. The van der Waals surface area contributed by atoms with Crippen LogP contribution >= 0.6 is 39.0 Å². The maximum atomic E-state index is 14.0. The van der Waals surface area contributed by atoms with Crippen molar-refractivity contribution in [1.82, 2.24) is 4.57 Å². The molecule has 0 radical (unpaired) electrons. The molecule has 242 valence electrons. The smallest absolute Gasteiger partial charge is 0.418 e. The van der Waals surface area contributed by atoms with E-state index in [-0.39, 0.29) is 11.6 Å². The van der Waals surface area contributed by atoms with Crippen molar-refractivity contribution in [3.8, 4) is 0 Å². The number of amides is 3. The van der Waals surface area contributed by atoms with Gasteiger partial charge in [0.25, 0.3) is 0 Å². The number of alkyl halides is 3. The first-order valence-electron chi connectivity index (χ1n) is 14.2. The van der Waals surface area contributed by atoms with Crippen molar-refractivity contribution >= 4 is 74.1 Å². The van der Waals surface area contributed by atoms with Crippen LogP contribution in [0.25, 0.3) is 0 Å². The zero-order valence-corrected chi connectivity index (χ0v) is 27.5. The monoisotopic (exact) mass is 745 g/mol. The summed E-state index contributed by atoms with van der Waals surface area (Å²) in [6.07, 6.45) is -4.82. The van der Waals surface area contributed by atoms with Gasteiger partial charge in [-0.25, -0.2) is 9.69 Å². The number of halogens is 4. The van der Waals surface area contributed by atoms with Gasteiger partial charge in [0.15, 0.2) is 0 Å². The third-order valence-corrected chi connectivity index (χ3v) is 10.8. The first kappa shape index (κ1) is 32.7. The van der Waals surface area contributed by atoms with Crippen LogP contribution in [0.15, 0.2) is 87.1 Å². The Balaban J connectivity index is 1.36. The van der Waals surface area contributed by atoms with Gasteiger partial charge in [-0.2, -0.15) is 13.2 Å². The second-order valence-electron chi connectivity index (χ2n) is 10.6. The Morgan fingerprint density at radius 1 is 0.957 bits per heavy atom. The minimum absolute atomic E-state index is 0.206. The zero-order valence-electron chi connectivity index (χ0n) is 24.2. The summed E-state index contributed by atoms with van der Waals surface area (Å²) in [7, 11) is 0. The topological polar surface area (TPSA) is 115 Å². The summed E-state index contributed by atoms with van der Waals surface area (Å²) < 4.78 is 48.8. The van der Waals surface area contributed by atoms with Crippen LogP contribution in [0.4, 0.5) is 24.5 Å². The number of fused-ring (bicyclic) bond motifs is 2. The van der Waals surface area contributed by atoms with E-state index in [9.17, 15) is 37.1 Å². The number of esters is 1. The molecule has 0 aliphatic carbocycles. The Bertz CT molecular complexity index is 1960. The predicted molar refractivity (Wildman–Crippen MR) is 173 cm³/mol. The quantitative estimate of drug-likeness (QED) is 0.174. The van der Waals surface area contributed by atoms with Crippen molar-refractivity contribution in [2.24, 2.45) is 5.92 Å². The highest BCUT2D eigenvalue weighted by molar-refractivity contribution is 9.10. The van der Waals surface area contributed by atoms with Crippen molar-refractivity contribution < 1.29 is 37.1 Å². The number of anilines is 2. The van der Waals surface area contributed by atoms with Crippen molar-refractivity contribution in [2.45, 2.75) is 35.8 Å². The fourth-order valence-corrected chi connectivity index (χ4v) is 8.72. The van der Waals surface area contributed by atoms with Crippen LogP contribution < -0.4 is 15.1 Å². The van der Waals surface area contributed by atoms with Gasteiger partial charge in [0.2, 0.25) is 17.7 Å². The summed E-state index contributed by atoms with van der Waals surface area (Å²) in [6, 6.07) is 17.3. The molecule has 0 spiro atoms. The van der Waals surface area contributed by atoms with Crippen molar-refractivity contribution in [2.75, 3.05) is 16.8 Å². The molecule has 9 nitrogen and oxygen atoms in total. The first-order valence-corrected chi connectivity index (χ1v) is 16.6. The van der Waals surface area contributed by atoms with Crippen LogP contribution in [0.2, 0.25) is 0 Å². The number of imide groups is 1. The number of hydrogen-bond donors (Lipinski definition) is 1. The Hall–Kier alpha value is -4.21. The highest BCUT2D eigenvalue weighted by Gasteiger charge is 2.57. The van der Waals surface area contributed by atoms with Gasteiger partial charge in [-0.1, -0.05) is 63.3 Å². The first-order chi connectivity index (χ1) is 22.4. The Morgan fingerprint density at radius 2 is 1.64 bits per heavy atom. The third kappa shape index (κ3) is 6.14. The second kappa shape index (κ2) is 12.8. The highest BCUT2D eigenvalue weighted by atomic mass is 79.9. The largest absolute Gasteiger partial charge is 0.462 e. The maximum absolute atomic E-state index is 14.0. The number of thioether (sulfide) groups is 1. The molecule has 1 N–H and O–H groups in total. The van der Waals surface area contributed by atoms with Gasteiger partial charge in [-0.15, -0.1) is 0 Å². The standard InChI is InChI=1S/C32H23BrF3N3O6S2/c1-2-45-30(43)17-9-13-19(14-10-17)37-22(40)15-38-29-26(47-31(38)44)23(16-7-11-18(33)12-8-16)24-25(46-29)28(42)39(27(24)41)21-6-4-3-5-20(21)32(34,35)36/h3-14,23-25H,2,15H2,1H3,(H,37,40). The summed E-state index contributed by atoms with van der Waals surface area (Å²) >= 11 is 5.09. The number of para-hydroxylation sites is 1. The summed E-state index contributed by atoms with van der Waals surface area (Å²) in [4.78, 5) is 66.8. The van der Waals surface area contributed by atoms with Gasteiger partial charge in [-0.3, -0.25) is 23.7 Å². The molecule has 3 heterocycles. The van der Waals surface area contributed by atoms with Crippen molar-refractivity contribution in [3.05, 3.63) is 109 Å². The Labute approximate surface area is 281 Å². The van der Waals surface area contributed by atoms with E-state index in [4.69, 9.17) is 4.74 Å². The fourth-order valence-electron chi connectivity index (χ4n) is 5.68. The van der Waals surface area contributed by atoms with E-state index in [0.717, 1.165) is 39.7 Å². The molecule has 3 aromatic carbocycles. The van der Waals surface area contributed by atoms with Crippen LogP contribution in [-0.2, 0) is 31.8 Å². The predicted octanol–water partition coefficient (Wildman–Crippen LogP) is 6.30. The Morgan fingerprint density at radius 3 is 2.30 bits per heavy atom. The second-order valence-corrected chi connectivity index (χ2v) is 13.6. The average Bonchev–Trinajstić information content (AvgIpc) is 3.47. The number of nitrogens with one attached hydrogen (secondary N) is 1. The number of ether oxygens (including phenoxy) is 1. The van der Waals surface area contributed by atoms with E-state index >= 15 is 0 Å². The molecule has 2 aliphatic heterocycles. The highest BCUT2D eigenvalue weighted by Crippen LogP contribution is 2.54. The van der Waals surface area contributed by atoms with Gasteiger partial charge < -0.3 is 10.1 Å². The molecule has 3 unspecified atom stereocenters. The van der Waals surface area contributed by atoms with Crippen molar-refractivity contribution in [1.29, 1.82) is 0 Å². The maximum Gasteiger partial charge on any atom is 0.418 e. The number of carbonyl (C=O) groups is 4. The lowest BCUT2D eigenvalue weighted by atomic mass is 9.83. The van der Waals surface area contributed by atoms with E-state index in [0.29, 0.717) is 26.6 Å². The SMILES string of the molecule is CCOC(=O)c1ccc(NC(=O)Cn2c3c(sc2=O)C(c2ccc(Br)cc2)C2C(=O)N(c4ccccc4C(F)(F)F)C(=O)C2S3)cc1. The molecular formula is C32H23BrF3N3O6S2. The van der Waals surface area contributed by atoms with Gasteiger partial charge in [0.05, 0.1) is 34.4 Å². The molecule has 1 fully saturated rings. The molecule has 15 heteroatoms. The summed E-state index contributed by atoms with van der Waals surface area (Å²) in [5, 5.41) is 1.80. The minimum Gasteiger partial charge on any atom is -0.462 e. The van der Waals surface area contributed by atoms with Gasteiger partial charge >= 0.3 is 17.0 Å². The van der Waals surface area contributed by atoms with Gasteiger partial charge in [0.1, 0.15) is 11.8 Å². The summed E-state index contributed by atoms with van der Waals surface area (Å²) in [6.45, 7) is 1.45. The Kier molecular flexibility index (Phi) is 8.89. The number of hydrogen-bond acceptors (Lipinski definition) is 8. The molecule has 0 saturated carbocycles. The minimum atomic E-state index is -4.82. The number of nitrogens with zero attached hydrogens (tertiary/aromatic N) is 2. The fraction of sp³-hybridized carbons (Fsp3) is 0.219. The van der Waals surface area contributed by atoms with E-state index in [1.807, 2.05) is 0 Å². The van der Waals surface area contributed by atoms with E-state index < -0.39 is 69.6 Å². The summed E-state index contributed by atoms with van der Waals surface area (Å²) in [5.41, 5.74) is -0.453. The zero-order chi connectivity index (χ0) is 33.6. The van der Waals surface area contributed by atoms with Gasteiger partial charge in [-0.05, 0) is 61.0 Å². The normalized spacial score (nSPS) is 18.9. The molecule has 3 atom stereocenters. The number of thiazole rings is 1. The van der Waals surface area contributed by atoms with Crippen LogP contribution in [0.1, 0.15) is 39.2 Å². The molecule has 2 aliphatic rings. The van der Waals surface area contributed by atoms with E-state index in [1.54, 1.807) is 31.2 Å². The average molecular weight is 747 g/mol. The summed E-state index contributed by atoms with van der Waals surface area (Å²) in [5.74, 6) is -4.70. The molecule has 0 bridgehead atoms. The lowest BCUT2D eigenvalue weighted by Crippen LogP contribution is -2.33. The lowest BCUT2D eigenvalue weighted by Gasteiger charge is -2.30. The van der Waals surface area contributed by atoms with Gasteiger partial charge in [0, 0.05) is 21.0 Å².